The summed E-state index contributed by atoms with van der Waals surface area (Å²) >= 11 is 0. The predicted octanol–water partition coefficient (Wildman–Crippen LogP) is 4.38. The predicted molar refractivity (Wildman–Crippen MR) is 126 cm³/mol. The first-order chi connectivity index (χ1) is 16.1. The van der Waals surface area contributed by atoms with Gasteiger partial charge in [0.05, 0.1) is 5.69 Å². The number of hydrogen-bond donors (Lipinski definition) is 1. The summed E-state index contributed by atoms with van der Waals surface area (Å²) in [6, 6.07) is 20.3. The monoisotopic (exact) mass is 443 g/mol. The lowest BCUT2D eigenvalue weighted by Gasteiger charge is -2.33. The summed E-state index contributed by atoms with van der Waals surface area (Å²) in [5.41, 5.74) is 4.37. The molecule has 1 fully saturated rings. The minimum atomic E-state index is -0.271. The maximum Gasteiger partial charge on any atom is 0.223 e. The third-order valence-electron chi connectivity index (χ3n) is 6.18. The highest BCUT2D eigenvalue weighted by Gasteiger charge is 2.26. The summed E-state index contributed by atoms with van der Waals surface area (Å²) in [5.74, 6) is 0.824. The number of aryl methyl sites for hydroxylation is 1. The third kappa shape index (κ3) is 4.58. The van der Waals surface area contributed by atoms with Crippen LogP contribution in [0.4, 0.5) is 10.2 Å². The first-order valence-corrected chi connectivity index (χ1v) is 11.3. The van der Waals surface area contributed by atoms with Crippen molar-refractivity contribution in [2.24, 2.45) is 5.92 Å². The highest BCUT2D eigenvalue weighted by molar-refractivity contribution is 5.79. The van der Waals surface area contributed by atoms with Crippen LogP contribution in [0.2, 0.25) is 0 Å². The highest BCUT2D eigenvalue weighted by Crippen LogP contribution is 2.27. The van der Waals surface area contributed by atoms with Gasteiger partial charge in [-0.25, -0.2) is 9.37 Å². The number of halogens is 1. The number of carbonyl (C=O) groups excluding carboxylic acids is 1. The van der Waals surface area contributed by atoms with Crippen molar-refractivity contribution < 1.29 is 9.18 Å². The zero-order chi connectivity index (χ0) is 22.8. The van der Waals surface area contributed by atoms with Gasteiger partial charge in [-0.15, -0.1) is 0 Å². The number of nitrogens with zero attached hydrogens (tertiary/aromatic N) is 4. The number of anilines is 1. The number of carbonyl (C=O) groups is 1. The fourth-order valence-electron chi connectivity index (χ4n) is 4.37. The molecule has 0 atom stereocenters. The molecule has 1 amide bonds. The minimum absolute atomic E-state index is 0.00999. The Morgan fingerprint density at radius 2 is 1.79 bits per heavy atom. The van der Waals surface area contributed by atoms with Crippen molar-refractivity contribution in [3.05, 3.63) is 83.8 Å². The van der Waals surface area contributed by atoms with E-state index in [1.807, 2.05) is 53.9 Å². The van der Waals surface area contributed by atoms with Crippen molar-refractivity contribution in [3.63, 3.8) is 0 Å². The van der Waals surface area contributed by atoms with Crippen molar-refractivity contribution in [2.75, 3.05) is 18.0 Å². The van der Waals surface area contributed by atoms with Gasteiger partial charge in [-0.2, -0.15) is 9.61 Å². The summed E-state index contributed by atoms with van der Waals surface area (Å²) in [7, 11) is 0. The Kier molecular flexibility index (Phi) is 5.77. The third-order valence-corrected chi connectivity index (χ3v) is 6.18. The molecule has 2 aromatic carbocycles. The number of benzene rings is 2. The normalized spacial score (nSPS) is 14.5. The van der Waals surface area contributed by atoms with Crippen molar-refractivity contribution >= 4 is 17.4 Å². The quantitative estimate of drug-likeness (QED) is 0.497. The van der Waals surface area contributed by atoms with E-state index in [1.165, 1.54) is 12.1 Å². The summed E-state index contributed by atoms with van der Waals surface area (Å²) in [4.78, 5) is 19.6. The fourth-order valence-corrected chi connectivity index (χ4v) is 4.37. The van der Waals surface area contributed by atoms with Gasteiger partial charge in [0.15, 0.2) is 5.65 Å². The maximum absolute atomic E-state index is 13.3. The lowest BCUT2D eigenvalue weighted by atomic mass is 9.95. The second-order valence-corrected chi connectivity index (χ2v) is 8.53. The fraction of sp³-hybridized carbons (Fsp3) is 0.269. The lowest BCUT2D eigenvalue weighted by Crippen LogP contribution is -2.41. The molecule has 0 spiro atoms. The highest BCUT2D eigenvalue weighted by atomic mass is 19.1. The van der Waals surface area contributed by atoms with Gasteiger partial charge < -0.3 is 10.2 Å². The first-order valence-electron chi connectivity index (χ1n) is 11.3. The Morgan fingerprint density at radius 1 is 1.06 bits per heavy atom. The molecular formula is C26H26FN5O. The number of piperidine rings is 1. The minimum Gasteiger partial charge on any atom is -0.356 e. The van der Waals surface area contributed by atoms with Crippen LogP contribution < -0.4 is 10.2 Å². The summed E-state index contributed by atoms with van der Waals surface area (Å²) in [6.07, 6.45) is 1.57. The van der Waals surface area contributed by atoms with E-state index in [2.05, 4.69) is 15.2 Å². The molecule has 0 bridgehead atoms. The first kappa shape index (κ1) is 21.1. The van der Waals surface area contributed by atoms with Gasteiger partial charge in [-0.3, -0.25) is 4.79 Å². The van der Waals surface area contributed by atoms with E-state index < -0.39 is 0 Å². The average Bonchev–Trinajstić information content (AvgIpc) is 3.27. The molecule has 6 nitrogen and oxygen atoms in total. The van der Waals surface area contributed by atoms with Gasteiger partial charge in [0.25, 0.3) is 0 Å². The standard InChI is InChI=1S/C26H26FN5O/c1-18-15-25(32-24(29-18)16-23(30-32)20-7-9-22(27)10-8-20)31-13-11-21(12-14-31)26(33)28-17-19-5-3-2-4-6-19/h2-10,15-16,21H,11-14,17H2,1H3,(H,28,33). The Bertz CT molecular complexity index is 1260. The van der Waals surface area contributed by atoms with Gasteiger partial charge >= 0.3 is 0 Å². The number of nitrogens with one attached hydrogen (secondary N) is 1. The molecule has 4 aromatic rings. The second-order valence-electron chi connectivity index (χ2n) is 8.53. The molecule has 5 rings (SSSR count). The summed E-state index contributed by atoms with van der Waals surface area (Å²) in [5, 5.41) is 7.83. The van der Waals surface area contributed by atoms with Crippen molar-refractivity contribution in [1.29, 1.82) is 0 Å². The van der Waals surface area contributed by atoms with Crippen LogP contribution in [0.15, 0.2) is 66.7 Å². The Hall–Kier alpha value is -3.74. The second kappa shape index (κ2) is 9.02. The van der Waals surface area contributed by atoms with E-state index in [0.29, 0.717) is 6.54 Å². The molecule has 1 aliphatic rings. The molecule has 3 heterocycles. The lowest BCUT2D eigenvalue weighted by molar-refractivity contribution is -0.125. The molecule has 0 aliphatic carbocycles. The molecular weight excluding hydrogens is 417 g/mol. The van der Waals surface area contributed by atoms with E-state index in [-0.39, 0.29) is 17.6 Å². The van der Waals surface area contributed by atoms with E-state index in [0.717, 1.165) is 59.9 Å². The van der Waals surface area contributed by atoms with Gasteiger partial charge in [0, 0.05) is 48.9 Å². The molecule has 0 unspecified atom stereocenters. The van der Waals surface area contributed by atoms with E-state index in [9.17, 15) is 9.18 Å². The summed E-state index contributed by atoms with van der Waals surface area (Å²) < 4.78 is 15.2. The molecule has 1 saturated heterocycles. The molecule has 1 N–H and O–H groups in total. The van der Waals surface area contributed by atoms with Gasteiger partial charge in [0.1, 0.15) is 11.6 Å². The number of rotatable bonds is 5. The Balaban J connectivity index is 1.30. The Labute approximate surface area is 192 Å². The zero-order valence-corrected chi connectivity index (χ0v) is 18.5. The van der Waals surface area contributed by atoms with Gasteiger partial charge in [-0.1, -0.05) is 30.3 Å². The Morgan fingerprint density at radius 3 is 2.52 bits per heavy atom. The molecule has 0 radical (unpaired) electrons. The van der Waals surface area contributed by atoms with Crippen LogP contribution in [0.5, 0.6) is 0 Å². The van der Waals surface area contributed by atoms with Crippen LogP contribution in [-0.4, -0.2) is 33.6 Å². The molecule has 168 valence electrons. The van der Waals surface area contributed by atoms with Crippen LogP contribution in [-0.2, 0) is 11.3 Å². The number of aromatic nitrogens is 3. The number of hydrogen-bond acceptors (Lipinski definition) is 4. The average molecular weight is 444 g/mol. The zero-order valence-electron chi connectivity index (χ0n) is 18.5. The molecule has 7 heteroatoms. The summed E-state index contributed by atoms with van der Waals surface area (Å²) in [6.45, 7) is 4.07. The molecule has 0 saturated carbocycles. The van der Waals surface area contributed by atoms with E-state index >= 15 is 0 Å². The smallest absolute Gasteiger partial charge is 0.223 e. The topological polar surface area (TPSA) is 62.5 Å². The SMILES string of the molecule is Cc1cc(N2CCC(C(=O)NCc3ccccc3)CC2)n2nc(-c3ccc(F)cc3)cc2n1. The van der Waals surface area contributed by atoms with Crippen LogP contribution in [0.1, 0.15) is 24.1 Å². The van der Waals surface area contributed by atoms with Gasteiger partial charge in [-0.05, 0) is 49.6 Å². The van der Waals surface area contributed by atoms with Gasteiger partial charge in [0.2, 0.25) is 5.91 Å². The molecule has 1 aliphatic heterocycles. The number of fused-ring (bicyclic) bond motifs is 1. The van der Waals surface area contributed by atoms with Crippen LogP contribution in [0, 0.1) is 18.7 Å². The van der Waals surface area contributed by atoms with Crippen molar-refractivity contribution in [2.45, 2.75) is 26.3 Å². The maximum atomic E-state index is 13.3. The van der Waals surface area contributed by atoms with Crippen LogP contribution in [0.3, 0.4) is 0 Å². The molecule has 2 aromatic heterocycles. The van der Waals surface area contributed by atoms with Crippen LogP contribution in [0.25, 0.3) is 16.9 Å². The largest absolute Gasteiger partial charge is 0.356 e. The number of amides is 1. The van der Waals surface area contributed by atoms with Crippen LogP contribution >= 0.6 is 0 Å². The molecule has 33 heavy (non-hydrogen) atoms. The van der Waals surface area contributed by atoms with E-state index in [4.69, 9.17) is 5.10 Å². The van der Waals surface area contributed by atoms with Crippen molar-refractivity contribution in [1.82, 2.24) is 19.9 Å². The van der Waals surface area contributed by atoms with Crippen molar-refractivity contribution in [3.8, 4) is 11.3 Å². The van der Waals surface area contributed by atoms with E-state index in [1.54, 1.807) is 12.1 Å².